The Morgan fingerprint density at radius 2 is 1.78 bits per heavy atom. The van der Waals surface area contributed by atoms with Crippen LogP contribution in [0.15, 0.2) is 0 Å². The summed E-state index contributed by atoms with van der Waals surface area (Å²) in [4.78, 5) is 11.2. The number of hydrogen-bond acceptors (Lipinski definition) is 6. The quantitative estimate of drug-likeness (QED) is 0.580. The first-order chi connectivity index (χ1) is 10.6. The lowest BCUT2D eigenvalue weighted by Crippen LogP contribution is -2.61. The Morgan fingerprint density at radius 1 is 1.13 bits per heavy atom. The third-order valence-corrected chi connectivity index (χ3v) is 6.83. The van der Waals surface area contributed by atoms with Gasteiger partial charge in [-0.3, -0.25) is 0 Å². The molecule has 1 aliphatic heterocycles. The van der Waals surface area contributed by atoms with E-state index in [0.717, 1.165) is 19.3 Å². The fourth-order valence-corrected chi connectivity index (χ4v) is 4.66. The van der Waals surface area contributed by atoms with Gasteiger partial charge in [0.25, 0.3) is 0 Å². The van der Waals surface area contributed by atoms with Crippen LogP contribution in [0.4, 0.5) is 0 Å². The van der Waals surface area contributed by atoms with Gasteiger partial charge in [-0.25, -0.2) is 4.79 Å². The second-order valence-corrected chi connectivity index (χ2v) is 7.97. The minimum absolute atomic E-state index is 0.0829. The van der Waals surface area contributed by atoms with Gasteiger partial charge < -0.3 is 29.9 Å². The summed E-state index contributed by atoms with van der Waals surface area (Å²) in [6.45, 7) is 6.58. The van der Waals surface area contributed by atoms with E-state index >= 15 is 0 Å². The molecule has 132 valence electrons. The number of rotatable bonds is 3. The maximum absolute atomic E-state index is 11.2. The molecular formula is C16H26O7. The molecule has 7 heteroatoms. The summed E-state index contributed by atoms with van der Waals surface area (Å²) in [5, 5.41) is 38.8. The lowest BCUT2D eigenvalue weighted by Gasteiger charge is -2.44. The van der Waals surface area contributed by atoms with E-state index in [-0.39, 0.29) is 16.9 Å². The Kier molecular flexibility index (Phi) is 4.01. The summed E-state index contributed by atoms with van der Waals surface area (Å²) in [7, 11) is 0. The highest BCUT2D eigenvalue weighted by molar-refractivity contribution is 5.73. The first kappa shape index (κ1) is 17.1. The number of carboxylic acid groups (broad SMARTS) is 1. The van der Waals surface area contributed by atoms with Crippen molar-refractivity contribution in [2.24, 2.45) is 16.7 Å². The fraction of sp³-hybridized carbons (Fsp3) is 0.938. The zero-order valence-electron chi connectivity index (χ0n) is 13.7. The fourth-order valence-electron chi connectivity index (χ4n) is 4.66. The average molecular weight is 330 g/mol. The predicted octanol–water partition coefficient (Wildman–Crippen LogP) is 0.110. The van der Waals surface area contributed by atoms with E-state index in [1.807, 2.05) is 0 Å². The predicted molar refractivity (Wildman–Crippen MR) is 78.4 cm³/mol. The molecular weight excluding hydrogens is 304 g/mol. The molecule has 3 fully saturated rings. The topological polar surface area (TPSA) is 116 Å². The minimum Gasteiger partial charge on any atom is -0.479 e. The average Bonchev–Trinajstić information content (AvgIpc) is 2.80. The van der Waals surface area contributed by atoms with E-state index < -0.39 is 36.7 Å². The monoisotopic (exact) mass is 330 g/mol. The van der Waals surface area contributed by atoms with Crippen LogP contribution in [-0.4, -0.2) is 63.2 Å². The van der Waals surface area contributed by atoms with Gasteiger partial charge in [-0.15, -0.1) is 0 Å². The summed E-state index contributed by atoms with van der Waals surface area (Å²) in [6.07, 6.45) is -4.86. The van der Waals surface area contributed by atoms with Gasteiger partial charge in [-0.1, -0.05) is 20.8 Å². The Bertz CT molecular complexity index is 493. The first-order valence-electron chi connectivity index (χ1n) is 8.17. The molecule has 0 unspecified atom stereocenters. The van der Waals surface area contributed by atoms with E-state index in [9.17, 15) is 20.1 Å². The number of aliphatic carboxylic acids is 1. The van der Waals surface area contributed by atoms with Crippen molar-refractivity contribution in [2.75, 3.05) is 0 Å². The van der Waals surface area contributed by atoms with Crippen molar-refractivity contribution in [3.05, 3.63) is 0 Å². The lowest BCUT2D eigenvalue weighted by atomic mass is 9.70. The van der Waals surface area contributed by atoms with Crippen LogP contribution < -0.4 is 0 Å². The van der Waals surface area contributed by atoms with Crippen LogP contribution >= 0.6 is 0 Å². The van der Waals surface area contributed by atoms with Gasteiger partial charge in [0, 0.05) is 0 Å². The van der Waals surface area contributed by atoms with Gasteiger partial charge in [0.15, 0.2) is 12.4 Å². The van der Waals surface area contributed by atoms with Crippen LogP contribution in [0.25, 0.3) is 0 Å². The number of aliphatic hydroxyl groups is 3. The normalized spacial score (nSPS) is 51.8. The van der Waals surface area contributed by atoms with E-state index in [4.69, 9.17) is 14.6 Å². The molecule has 0 aromatic heterocycles. The molecule has 3 rings (SSSR count). The Morgan fingerprint density at radius 3 is 2.26 bits per heavy atom. The minimum atomic E-state index is -1.69. The molecule has 7 nitrogen and oxygen atoms in total. The van der Waals surface area contributed by atoms with Gasteiger partial charge >= 0.3 is 5.97 Å². The standard InChI is InChI=1S/C16H26O7/c1-15(2)7-4-5-16(15,3)8(6-7)22-14-11(19)9(17)10(18)12(23-14)13(20)21/h7-12,14,17-19H,4-6H2,1-3H3,(H,20,21)/t7-,8+,9+,10+,11-,12-,14+,16-/m0/s1. The first-order valence-corrected chi connectivity index (χ1v) is 8.17. The number of carbonyl (C=O) groups is 1. The molecule has 0 aromatic rings. The lowest BCUT2D eigenvalue weighted by molar-refractivity contribution is -0.312. The van der Waals surface area contributed by atoms with Crippen LogP contribution in [0, 0.1) is 16.7 Å². The molecule has 4 N–H and O–H groups in total. The van der Waals surface area contributed by atoms with Gasteiger partial charge in [-0.05, 0) is 36.0 Å². The van der Waals surface area contributed by atoms with Crippen molar-refractivity contribution in [3.63, 3.8) is 0 Å². The number of hydrogen-bond donors (Lipinski definition) is 4. The van der Waals surface area contributed by atoms with Crippen LogP contribution in [-0.2, 0) is 14.3 Å². The molecule has 0 radical (unpaired) electrons. The van der Waals surface area contributed by atoms with Gasteiger partial charge in [-0.2, -0.15) is 0 Å². The van der Waals surface area contributed by atoms with Gasteiger partial charge in [0.05, 0.1) is 6.10 Å². The van der Waals surface area contributed by atoms with Crippen molar-refractivity contribution in [1.29, 1.82) is 0 Å². The molecule has 23 heavy (non-hydrogen) atoms. The molecule has 3 aliphatic rings. The molecule has 2 saturated carbocycles. The zero-order chi connectivity index (χ0) is 17.2. The van der Waals surface area contributed by atoms with Crippen molar-refractivity contribution in [1.82, 2.24) is 0 Å². The van der Waals surface area contributed by atoms with Crippen LogP contribution in [0.5, 0.6) is 0 Å². The Balaban J connectivity index is 1.76. The van der Waals surface area contributed by atoms with E-state index in [1.165, 1.54) is 0 Å². The molecule has 0 aromatic carbocycles. The van der Waals surface area contributed by atoms with E-state index in [1.54, 1.807) is 0 Å². The van der Waals surface area contributed by atoms with Crippen LogP contribution in [0.3, 0.4) is 0 Å². The second kappa shape index (κ2) is 5.39. The smallest absolute Gasteiger partial charge is 0.335 e. The van der Waals surface area contributed by atoms with Crippen molar-refractivity contribution >= 4 is 5.97 Å². The van der Waals surface area contributed by atoms with Crippen LogP contribution in [0.2, 0.25) is 0 Å². The molecule has 1 heterocycles. The van der Waals surface area contributed by atoms with Gasteiger partial charge in [0.1, 0.15) is 18.3 Å². The molecule has 2 aliphatic carbocycles. The largest absolute Gasteiger partial charge is 0.479 e. The van der Waals surface area contributed by atoms with Crippen LogP contribution in [0.1, 0.15) is 40.0 Å². The summed E-state index contributed by atoms with van der Waals surface area (Å²) in [5.74, 6) is -0.874. The van der Waals surface area contributed by atoms with Gasteiger partial charge in [0.2, 0.25) is 0 Å². The summed E-state index contributed by atoms with van der Waals surface area (Å²) in [5.41, 5.74) is 0.0160. The molecule has 0 spiro atoms. The second-order valence-electron chi connectivity index (χ2n) is 7.97. The molecule has 1 saturated heterocycles. The molecule has 2 bridgehead atoms. The maximum atomic E-state index is 11.2. The highest BCUT2D eigenvalue weighted by Crippen LogP contribution is 2.66. The summed E-state index contributed by atoms with van der Waals surface area (Å²) >= 11 is 0. The molecule has 0 amide bonds. The summed E-state index contributed by atoms with van der Waals surface area (Å²) in [6, 6.07) is 0. The Hall–Kier alpha value is -0.730. The van der Waals surface area contributed by atoms with Crippen molar-refractivity contribution in [2.45, 2.75) is 76.8 Å². The Labute approximate surface area is 135 Å². The number of aliphatic hydroxyl groups excluding tert-OH is 3. The third-order valence-electron chi connectivity index (χ3n) is 6.83. The SMILES string of the molecule is CC1(C)[C@H]2CC[C@@]1(C)[C@H](O[C@@H]1O[C@H](C(=O)O)[C@H](O)[C@@H](O)[C@@H]1O)C2. The highest BCUT2D eigenvalue weighted by atomic mass is 16.7. The van der Waals surface area contributed by atoms with E-state index in [2.05, 4.69) is 20.8 Å². The molecule has 8 atom stereocenters. The summed E-state index contributed by atoms with van der Waals surface area (Å²) < 4.78 is 11.2. The number of carboxylic acids is 1. The van der Waals surface area contributed by atoms with Crippen molar-refractivity contribution in [3.8, 4) is 0 Å². The van der Waals surface area contributed by atoms with E-state index in [0.29, 0.717) is 5.92 Å². The van der Waals surface area contributed by atoms with Crippen molar-refractivity contribution < 1.29 is 34.7 Å². The maximum Gasteiger partial charge on any atom is 0.335 e. The number of ether oxygens (including phenoxy) is 2. The zero-order valence-corrected chi connectivity index (χ0v) is 13.7. The third kappa shape index (κ3) is 2.33. The number of fused-ring (bicyclic) bond motifs is 2. The highest BCUT2D eigenvalue weighted by Gasteiger charge is 2.63.